The molecule has 130 valence electrons. The first kappa shape index (κ1) is 17.0. The maximum absolute atomic E-state index is 13.3. The molecular weight excluding hydrogens is 325 g/mol. The van der Waals surface area contributed by atoms with Gasteiger partial charge in [0.15, 0.2) is 5.76 Å². The van der Waals surface area contributed by atoms with Crippen LogP contribution in [0.1, 0.15) is 16.1 Å². The number of aliphatic hydroxyl groups excluding tert-OH is 1. The average molecular weight is 343 g/mol. The molecule has 0 bridgehead atoms. The summed E-state index contributed by atoms with van der Waals surface area (Å²) >= 11 is 0. The van der Waals surface area contributed by atoms with Crippen LogP contribution in [-0.4, -0.2) is 36.2 Å². The molecule has 0 atom stereocenters. The van der Waals surface area contributed by atoms with Gasteiger partial charge in [-0.3, -0.25) is 4.79 Å². The number of rotatable bonds is 6. The van der Waals surface area contributed by atoms with Crippen LogP contribution in [0.15, 0.2) is 52.9 Å². The molecule has 2 aromatic carbocycles. The first-order valence-corrected chi connectivity index (χ1v) is 7.83. The highest BCUT2D eigenvalue weighted by Crippen LogP contribution is 2.24. The van der Waals surface area contributed by atoms with E-state index < -0.39 is 5.82 Å². The van der Waals surface area contributed by atoms with Crippen molar-refractivity contribution >= 4 is 16.9 Å². The standard InChI is InChI=1S/C19H18FNO4/c1-24-16-5-3-2-4-13(16)12-21(8-9-22)19(23)18-11-14-10-15(20)6-7-17(14)25-18/h2-7,10-11,22H,8-9,12H2,1H3. The first-order valence-electron chi connectivity index (χ1n) is 7.83. The van der Waals surface area contributed by atoms with E-state index in [1.165, 1.54) is 29.2 Å². The number of hydrogen-bond donors (Lipinski definition) is 1. The topological polar surface area (TPSA) is 62.9 Å². The molecule has 0 aliphatic rings. The summed E-state index contributed by atoms with van der Waals surface area (Å²) in [6.07, 6.45) is 0. The molecule has 25 heavy (non-hydrogen) atoms. The van der Waals surface area contributed by atoms with Gasteiger partial charge in [0.25, 0.3) is 5.91 Å². The van der Waals surface area contributed by atoms with E-state index in [4.69, 9.17) is 9.15 Å². The molecule has 0 radical (unpaired) electrons. The average Bonchev–Trinajstić information content (AvgIpc) is 3.04. The second kappa shape index (κ2) is 7.36. The van der Waals surface area contributed by atoms with Crippen molar-refractivity contribution < 1.29 is 23.4 Å². The third-order valence-electron chi connectivity index (χ3n) is 3.90. The fourth-order valence-corrected chi connectivity index (χ4v) is 2.69. The van der Waals surface area contributed by atoms with E-state index in [2.05, 4.69) is 0 Å². The number of halogens is 1. The zero-order chi connectivity index (χ0) is 17.8. The molecule has 0 aliphatic carbocycles. The van der Waals surface area contributed by atoms with E-state index in [1.54, 1.807) is 13.2 Å². The summed E-state index contributed by atoms with van der Waals surface area (Å²) < 4.78 is 24.2. The van der Waals surface area contributed by atoms with E-state index in [-0.39, 0.29) is 31.4 Å². The quantitative estimate of drug-likeness (QED) is 0.746. The Morgan fingerprint density at radius 2 is 2.04 bits per heavy atom. The first-order chi connectivity index (χ1) is 12.1. The van der Waals surface area contributed by atoms with E-state index in [0.717, 1.165) is 5.56 Å². The number of aliphatic hydroxyl groups is 1. The molecule has 3 rings (SSSR count). The molecule has 1 N–H and O–H groups in total. The largest absolute Gasteiger partial charge is 0.496 e. The lowest BCUT2D eigenvalue weighted by atomic mass is 10.1. The lowest BCUT2D eigenvalue weighted by Gasteiger charge is -2.21. The van der Waals surface area contributed by atoms with Gasteiger partial charge in [0.05, 0.1) is 13.7 Å². The molecule has 1 heterocycles. The van der Waals surface area contributed by atoms with Crippen molar-refractivity contribution in [3.05, 3.63) is 65.7 Å². The van der Waals surface area contributed by atoms with E-state index in [9.17, 15) is 14.3 Å². The number of hydrogen-bond acceptors (Lipinski definition) is 4. The number of para-hydroxylation sites is 1. The Kier molecular flexibility index (Phi) is 5.00. The number of amides is 1. The highest BCUT2D eigenvalue weighted by molar-refractivity contribution is 5.96. The maximum atomic E-state index is 13.3. The fraction of sp³-hybridized carbons (Fsp3) is 0.211. The molecule has 0 fully saturated rings. The van der Waals surface area contributed by atoms with Gasteiger partial charge in [0.1, 0.15) is 17.1 Å². The van der Waals surface area contributed by atoms with Crippen molar-refractivity contribution in [3.8, 4) is 5.75 Å². The summed E-state index contributed by atoms with van der Waals surface area (Å²) in [7, 11) is 1.56. The smallest absolute Gasteiger partial charge is 0.289 e. The lowest BCUT2D eigenvalue weighted by Crippen LogP contribution is -2.33. The number of methoxy groups -OCH3 is 1. The van der Waals surface area contributed by atoms with Crippen molar-refractivity contribution in [1.82, 2.24) is 4.90 Å². The number of benzene rings is 2. The van der Waals surface area contributed by atoms with Gasteiger partial charge in [-0.25, -0.2) is 4.39 Å². The molecular formula is C19H18FNO4. The Bertz CT molecular complexity index is 890. The highest BCUT2D eigenvalue weighted by atomic mass is 19.1. The normalized spacial score (nSPS) is 10.8. The van der Waals surface area contributed by atoms with Gasteiger partial charge in [-0.15, -0.1) is 0 Å². The molecule has 0 saturated heterocycles. The summed E-state index contributed by atoms with van der Waals surface area (Å²) in [5.74, 6) is -0.0148. The van der Waals surface area contributed by atoms with Crippen LogP contribution in [0.25, 0.3) is 11.0 Å². The second-order valence-electron chi connectivity index (χ2n) is 5.55. The summed E-state index contributed by atoms with van der Waals surface area (Å²) in [6.45, 7) is 0.215. The number of furan rings is 1. The zero-order valence-corrected chi connectivity index (χ0v) is 13.7. The molecule has 0 unspecified atom stereocenters. The minimum absolute atomic E-state index is 0.101. The van der Waals surface area contributed by atoms with Crippen LogP contribution < -0.4 is 4.74 Å². The Morgan fingerprint density at radius 1 is 1.24 bits per heavy atom. The third kappa shape index (κ3) is 3.64. The molecule has 3 aromatic rings. The Morgan fingerprint density at radius 3 is 2.80 bits per heavy atom. The molecule has 1 aromatic heterocycles. The predicted molar refractivity (Wildman–Crippen MR) is 91.0 cm³/mol. The van der Waals surface area contributed by atoms with Crippen molar-refractivity contribution in [2.24, 2.45) is 0 Å². The summed E-state index contributed by atoms with van der Waals surface area (Å²) in [5, 5.41) is 9.83. The highest BCUT2D eigenvalue weighted by Gasteiger charge is 2.21. The van der Waals surface area contributed by atoms with Gasteiger partial charge in [0, 0.05) is 24.0 Å². The summed E-state index contributed by atoms with van der Waals surface area (Å²) in [5.41, 5.74) is 1.25. The van der Waals surface area contributed by atoms with Gasteiger partial charge < -0.3 is 19.2 Å². The van der Waals surface area contributed by atoms with Crippen LogP contribution in [0.4, 0.5) is 4.39 Å². The molecule has 0 spiro atoms. The van der Waals surface area contributed by atoms with Gasteiger partial charge in [-0.05, 0) is 30.3 Å². The fourth-order valence-electron chi connectivity index (χ4n) is 2.69. The van der Waals surface area contributed by atoms with Gasteiger partial charge in [-0.1, -0.05) is 18.2 Å². The van der Waals surface area contributed by atoms with Crippen molar-refractivity contribution in [2.45, 2.75) is 6.54 Å². The van der Waals surface area contributed by atoms with Crippen LogP contribution in [0.2, 0.25) is 0 Å². The zero-order valence-electron chi connectivity index (χ0n) is 13.7. The number of carbonyl (C=O) groups is 1. The number of carbonyl (C=O) groups excluding carboxylic acids is 1. The number of ether oxygens (including phenoxy) is 1. The molecule has 6 heteroatoms. The van der Waals surface area contributed by atoms with Crippen LogP contribution in [0.5, 0.6) is 5.75 Å². The summed E-state index contributed by atoms with van der Waals surface area (Å²) in [4.78, 5) is 14.2. The minimum atomic E-state index is -0.395. The Labute approximate surface area is 144 Å². The van der Waals surface area contributed by atoms with Crippen molar-refractivity contribution in [2.75, 3.05) is 20.3 Å². The monoisotopic (exact) mass is 343 g/mol. The number of nitrogens with zero attached hydrogens (tertiary/aromatic N) is 1. The van der Waals surface area contributed by atoms with Crippen LogP contribution in [0, 0.1) is 5.82 Å². The molecule has 0 aliphatic heterocycles. The molecule has 5 nitrogen and oxygen atoms in total. The van der Waals surface area contributed by atoms with E-state index in [1.807, 2.05) is 18.2 Å². The van der Waals surface area contributed by atoms with E-state index in [0.29, 0.717) is 16.7 Å². The number of fused-ring (bicyclic) bond motifs is 1. The third-order valence-corrected chi connectivity index (χ3v) is 3.90. The van der Waals surface area contributed by atoms with Crippen LogP contribution in [-0.2, 0) is 6.54 Å². The summed E-state index contributed by atoms with van der Waals surface area (Å²) in [6, 6.07) is 12.9. The lowest BCUT2D eigenvalue weighted by molar-refractivity contribution is 0.0677. The van der Waals surface area contributed by atoms with Crippen molar-refractivity contribution in [3.63, 3.8) is 0 Å². The maximum Gasteiger partial charge on any atom is 0.289 e. The minimum Gasteiger partial charge on any atom is -0.496 e. The molecule has 0 saturated carbocycles. The second-order valence-corrected chi connectivity index (χ2v) is 5.55. The van der Waals surface area contributed by atoms with Gasteiger partial charge >= 0.3 is 0 Å². The van der Waals surface area contributed by atoms with Crippen molar-refractivity contribution in [1.29, 1.82) is 0 Å². The van der Waals surface area contributed by atoms with Gasteiger partial charge in [-0.2, -0.15) is 0 Å². The van der Waals surface area contributed by atoms with E-state index >= 15 is 0 Å². The van der Waals surface area contributed by atoms with Gasteiger partial charge in [0.2, 0.25) is 0 Å². The molecule has 1 amide bonds. The Balaban J connectivity index is 1.89. The van der Waals surface area contributed by atoms with Crippen LogP contribution >= 0.6 is 0 Å². The van der Waals surface area contributed by atoms with Crippen LogP contribution in [0.3, 0.4) is 0 Å². The predicted octanol–water partition coefficient (Wildman–Crippen LogP) is 3.22. The Hall–Kier alpha value is -2.86. The SMILES string of the molecule is COc1ccccc1CN(CCO)C(=O)c1cc2cc(F)ccc2o1.